The second-order valence-corrected chi connectivity index (χ2v) is 9.78. The molecule has 0 aliphatic carbocycles. The van der Waals surface area contributed by atoms with E-state index < -0.39 is 11.6 Å². The van der Waals surface area contributed by atoms with Gasteiger partial charge in [-0.15, -0.1) is 0 Å². The van der Waals surface area contributed by atoms with Gasteiger partial charge in [0.05, 0.1) is 42.4 Å². The van der Waals surface area contributed by atoms with Gasteiger partial charge < -0.3 is 30.8 Å². The lowest BCUT2D eigenvalue weighted by Gasteiger charge is -2.39. The zero-order chi connectivity index (χ0) is 26.6. The Morgan fingerprint density at radius 3 is 2.74 bits per heavy atom. The minimum Gasteiger partial charge on any atom is -0.472 e. The first kappa shape index (κ1) is 24.0. The summed E-state index contributed by atoms with van der Waals surface area (Å²) in [6, 6.07) is 6.00. The predicted octanol–water partition coefficient (Wildman–Crippen LogP) is 3.62. The van der Waals surface area contributed by atoms with Gasteiger partial charge in [0.25, 0.3) is 0 Å². The Morgan fingerprint density at radius 2 is 2.03 bits per heavy atom. The molecular weight excluding hydrogens is 516 g/mol. The summed E-state index contributed by atoms with van der Waals surface area (Å²) >= 11 is 0.988. The molecule has 13 heteroatoms. The van der Waals surface area contributed by atoms with Gasteiger partial charge in [-0.1, -0.05) is 11.3 Å². The number of furan rings is 1. The summed E-state index contributed by atoms with van der Waals surface area (Å²) in [5.74, 6) is -0.980. The maximum absolute atomic E-state index is 16.6. The lowest BCUT2D eigenvalue weighted by molar-refractivity contribution is -0.133. The number of carbonyl (C=O) groups excluding carboxylic acids is 1. The van der Waals surface area contributed by atoms with Crippen LogP contribution in [0.2, 0.25) is 0 Å². The average Bonchev–Trinajstić information content (AvgIpc) is 3.56. The maximum Gasteiger partial charge on any atom is 0.318 e. The number of nitrogens with zero attached hydrogens (tertiary/aromatic N) is 4. The summed E-state index contributed by atoms with van der Waals surface area (Å²) in [6.45, 7) is 0.788. The summed E-state index contributed by atoms with van der Waals surface area (Å²) in [5, 5.41) is 3.83. The lowest BCUT2D eigenvalue weighted by Crippen LogP contribution is -2.58. The van der Waals surface area contributed by atoms with Crippen LogP contribution in [0.1, 0.15) is 0 Å². The van der Waals surface area contributed by atoms with E-state index in [4.69, 9.17) is 20.6 Å². The summed E-state index contributed by atoms with van der Waals surface area (Å²) < 4.78 is 41.9. The highest BCUT2D eigenvalue weighted by atomic mass is 32.1. The summed E-state index contributed by atoms with van der Waals surface area (Å²) in [4.78, 5) is 26.5. The normalized spacial score (nSPS) is 13.7. The number of nitrogen functional groups attached to an aromatic ring is 1. The molecular formula is C25H21F2N7O3S. The number of halogens is 2. The quantitative estimate of drug-likeness (QED) is 0.296. The fourth-order valence-electron chi connectivity index (χ4n) is 4.61. The molecule has 1 aliphatic heterocycles. The first-order valence-corrected chi connectivity index (χ1v) is 12.4. The Balaban J connectivity index is 1.57. The predicted molar refractivity (Wildman–Crippen MR) is 140 cm³/mol. The van der Waals surface area contributed by atoms with Crippen LogP contribution < -0.4 is 21.5 Å². The van der Waals surface area contributed by atoms with E-state index in [0.717, 1.165) is 11.3 Å². The topological polar surface area (TPSA) is 145 Å². The van der Waals surface area contributed by atoms with Crippen LogP contribution in [0.4, 0.5) is 19.7 Å². The van der Waals surface area contributed by atoms with E-state index in [-0.39, 0.29) is 50.9 Å². The Labute approximate surface area is 218 Å². The average molecular weight is 538 g/mol. The molecule has 5 aromatic rings. The molecule has 194 valence electrons. The number of hydrogen-bond acceptors (Lipinski definition) is 10. The third-order valence-corrected chi connectivity index (χ3v) is 7.35. The van der Waals surface area contributed by atoms with Crippen molar-refractivity contribution in [3.8, 4) is 28.3 Å². The Bertz CT molecular complexity index is 1700. The molecule has 0 saturated carbocycles. The van der Waals surface area contributed by atoms with Gasteiger partial charge in [-0.3, -0.25) is 4.79 Å². The van der Waals surface area contributed by atoms with Crippen molar-refractivity contribution in [2.24, 2.45) is 5.73 Å². The van der Waals surface area contributed by atoms with Crippen LogP contribution in [0.15, 0.2) is 41.2 Å². The van der Waals surface area contributed by atoms with E-state index in [2.05, 4.69) is 20.3 Å². The maximum atomic E-state index is 16.6. The fraction of sp³-hybridized carbons (Fsp3) is 0.200. The Hall–Kier alpha value is -4.36. The van der Waals surface area contributed by atoms with Crippen molar-refractivity contribution in [2.75, 3.05) is 37.8 Å². The first-order valence-electron chi connectivity index (χ1n) is 11.6. The van der Waals surface area contributed by atoms with Crippen LogP contribution in [-0.2, 0) is 4.79 Å². The lowest BCUT2D eigenvalue weighted by atomic mass is 9.92. The summed E-state index contributed by atoms with van der Waals surface area (Å²) in [7, 11) is 1.39. The van der Waals surface area contributed by atoms with Crippen LogP contribution in [0.25, 0.3) is 43.4 Å². The van der Waals surface area contributed by atoms with Gasteiger partial charge in [0.15, 0.2) is 10.9 Å². The van der Waals surface area contributed by atoms with Gasteiger partial charge in [0.1, 0.15) is 17.2 Å². The second-order valence-electron chi connectivity index (χ2n) is 8.75. The monoisotopic (exact) mass is 537 g/mol. The van der Waals surface area contributed by atoms with Gasteiger partial charge in [-0.2, -0.15) is 9.97 Å². The largest absolute Gasteiger partial charge is 0.472 e. The Morgan fingerprint density at radius 1 is 1.21 bits per heavy atom. The smallest absolute Gasteiger partial charge is 0.318 e. The van der Waals surface area contributed by atoms with Crippen molar-refractivity contribution >= 4 is 49.3 Å². The SMILES string of the molecule is COc1nc(NC2CN(C(=O)CN)C2)c2cc(-c3ccoc3)c(-c3ccc(F)c4sc(N)nc34)c(F)c2n1. The molecule has 10 nitrogen and oxygen atoms in total. The molecule has 5 N–H and O–H groups in total. The van der Waals surface area contributed by atoms with E-state index in [1.807, 2.05) is 0 Å². The highest BCUT2D eigenvalue weighted by molar-refractivity contribution is 7.22. The van der Waals surface area contributed by atoms with E-state index in [1.54, 1.807) is 17.0 Å². The highest BCUT2D eigenvalue weighted by Gasteiger charge is 2.31. The molecule has 0 bridgehead atoms. The number of amides is 1. The molecule has 1 amide bonds. The number of aromatic nitrogens is 3. The van der Waals surface area contributed by atoms with Crippen molar-refractivity contribution in [1.82, 2.24) is 19.9 Å². The molecule has 38 heavy (non-hydrogen) atoms. The molecule has 3 aromatic heterocycles. The van der Waals surface area contributed by atoms with E-state index in [9.17, 15) is 9.18 Å². The number of nitrogens with one attached hydrogen (secondary N) is 1. The number of carbonyl (C=O) groups is 1. The highest BCUT2D eigenvalue weighted by Crippen LogP contribution is 2.44. The minimum atomic E-state index is -0.671. The van der Waals surface area contributed by atoms with Crippen molar-refractivity contribution in [3.63, 3.8) is 0 Å². The number of rotatable bonds is 6. The van der Waals surface area contributed by atoms with Crippen molar-refractivity contribution in [2.45, 2.75) is 6.04 Å². The molecule has 0 atom stereocenters. The molecule has 1 fully saturated rings. The van der Waals surface area contributed by atoms with Gasteiger partial charge in [0, 0.05) is 35.2 Å². The number of hydrogen-bond donors (Lipinski definition) is 3. The van der Waals surface area contributed by atoms with Gasteiger partial charge in [0.2, 0.25) is 5.91 Å². The van der Waals surface area contributed by atoms with Crippen LogP contribution in [0, 0.1) is 11.6 Å². The van der Waals surface area contributed by atoms with E-state index >= 15 is 4.39 Å². The zero-order valence-corrected chi connectivity index (χ0v) is 20.8. The number of likely N-dealkylation sites (tertiary alicyclic amines) is 1. The molecule has 1 saturated heterocycles. The zero-order valence-electron chi connectivity index (χ0n) is 20.0. The number of thiazole rings is 1. The number of ether oxygens (including phenoxy) is 1. The molecule has 0 spiro atoms. The summed E-state index contributed by atoms with van der Waals surface area (Å²) in [5.41, 5.74) is 13.1. The van der Waals surface area contributed by atoms with Crippen LogP contribution in [0.3, 0.4) is 0 Å². The van der Waals surface area contributed by atoms with Gasteiger partial charge in [-0.05, 0) is 29.8 Å². The molecule has 2 aromatic carbocycles. The summed E-state index contributed by atoms with van der Waals surface area (Å²) in [6.07, 6.45) is 2.96. The third kappa shape index (κ3) is 3.87. The fourth-order valence-corrected chi connectivity index (χ4v) is 5.37. The molecule has 6 rings (SSSR count). The van der Waals surface area contributed by atoms with Crippen LogP contribution in [0.5, 0.6) is 6.01 Å². The second kappa shape index (κ2) is 9.19. The van der Waals surface area contributed by atoms with Gasteiger partial charge in [-0.25, -0.2) is 13.8 Å². The van der Waals surface area contributed by atoms with E-state index in [1.165, 1.54) is 31.8 Å². The van der Waals surface area contributed by atoms with Crippen molar-refractivity contribution < 1.29 is 22.7 Å². The number of methoxy groups -OCH3 is 1. The number of anilines is 2. The molecule has 1 aliphatic rings. The molecule has 4 heterocycles. The molecule has 0 unspecified atom stereocenters. The standard InChI is InChI=1S/C25H21F2N7O3S/c1-36-25-32-20-15(23(33-25)30-12-8-34(9-12)17(35)7-28)6-14(11-4-5-37-10-11)18(19(20)27)13-2-3-16(26)22-21(13)31-24(29)38-22/h2-6,10,12H,7-9,28H2,1H3,(H2,29,31)(H,30,32,33). The van der Waals surface area contributed by atoms with E-state index in [0.29, 0.717) is 41.0 Å². The first-order chi connectivity index (χ1) is 18.4. The van der Waals surface area contributed by atoms with Crippen molar-refractivity contribution in [3.05, 3.63) is 48.4 Å². The number of benzene rings is 2. The van der Waals surface area contributed by atoms with Crippen LogP contribution in [-0.4, -0.2) is 58.5 Å². The number of fused-ring (bicyclic) bond motifs is 2. The third-order valence-electron chi connectivity index (χ3n) is 6.46. The van der Waals surface area contributed by atoms with Crippen LogP contribution >= 0.6 is 11.3 Å². The number of nitrogens with two attached hydrogens (primary N) is 2. The van der Waals surface area contributed by atoms with Gasteiger partial charge >= 0.3 is 6.01 Å². The Kier molecular flexibility index (Phi) is 5.80. The minimum absolute atomic E-state index is 0.00325. The van der Waals surface area contributed by atoms with Crippen molar-refractivity contribution in [1.29, 1.82) is 0 Å². The molecule has 0 radical (unpaired) electrons.